The Labute approximate surface area is 131 Å². The first kappa shape index (κ1) is 16.0. The van der Waals surface area contributed by atoms with Crippen molar-refractivity contribution in [3.8, 4) is 0 Å². The molecule has 2 rings (SSSR count). The van der Waals surface area contributed by atoms with E-state index < -0.39 is 0 Å². The molecule has 2 aromatic rings. The molecule has 0 bridgehead atoms. The molecule has 21 heavy (non-hydrogen) atoms. The van der Waals surface area contributed by atoms with E-state index in [-0.39, 0.29) is 16.7 Å². The fourth-order valence-electron chi connectivity index (χ4n) is 1.90. The fraction of sp³-hybridized carbons (Fsp3) is 0.500. The second-order valence-corrected chi connectivity index (χ2v) is 6.85. The number of fused-ring (bicyclic) bond motifs is 1. The summed E-state index contributed by atoms with van der Waals surface area (Å²) in [5.41, 5.74) is 0.680. The van der Waals surface area contributed by atoms with Gasteiger partial charge < -0.3 is 5.32 Å². The Balaban J connectivity index is 2.29. The van der Waals surface area contributed by atoms with E-state index in [4.69, 9.17) is 0 Å². The summed E-state index contributed by atoms with van der Waals surface area (Å²) < 4.78 is 2.30. The van der Waals surface area contributed by atoms with E-state index in [0.717, 1.165) is 6.42 Å². The number of carbonyl (C=O) groups excluding carboxylic acids is 1. The van der Waals surface area contributed by atoms with E-state index in [2.05, 4.69) is 10.3 Å². The van der Waals surface area contributed by atoms with Gasteiger partial charge in [-0.1, -0.05) is 18.7 Å². The number of aromatic nitrogens is 2. The SMILES string of the molecule is CCCNC(=O)[C@@H](C)Sc1nc2ccsc2c(=O)n1CC. The first-order valence-electron chi connectivity index (χ1n) is 7.00. The third-order valence-corrected chi connectivity index (χ3v) is 5.03. The fourth-order valence-corrected chi connectivity index (χ4v) is 3.67. The topological polar surface area (TPSA) is 64.0 Å². The van der Waals surface area contributed by atoms with Crippen LogP contribution in [-0.4, -0.2) is 27.3 Å². The molecule has 0 unspecified atom stereocenters. The van der Waals surface area contributed by atoms with Crippen molar-refractivity contribution in [3.05, 3.63) is 21.8 Å². The van der Waals surface area contributed by atoms with Crippen LogP contribution in [0.15, 0.2) is 21.4 Å². The summed E-state index contributed by atoms with van der Waals surface area (Å²) in [7, 11) is 0. The number of carbonyl (C=O) groups is 1. The molecule has 2 aromatic heterocycles. The molecule has 5 nitrogen and oxygen atoms in total. The zero-order chi connectivity index (χ0) is 15.4. The van der Waals surface area contributed by atoms with Gasteiger partial charge in [-0.05, 0) is 31.7 Å². The van der Waals surface area contributed by atoms with Crippen LogP contribution in [0.3, 0.4) is 0 Å². The van der Waals surface area contributed by atoms with Gasteiger partial charge >= 0.3 is 0 Å². The Morgan fingerprint density at radius 1 is 1.52 bits per heavy atom. The number of thiophene rings is 1. The molecule has 1 atom stereocenters. The molecule has 0 saturated heterocycles. The van der Waals surface area contributed by atoms with Crippen LogP contribution in [0.25, 0.3) is 10.2 Å². The molecular weight excluding hydrogens is 306 g/mol. The van der Waals surface area contributed by atoms with Gasteiger partial charge in [-0.15, -0.1) is 11.3 Å². The van der Waals surface area contributed by atoms with Gasteiger partial charge in [-0.2, -0.15) is 0 Å². The van der Waals surface area contributed by atoms with Gasteiger partial charge in [0.25, 0.3) is 5.56 Å². The van der Waals surface area contributed by atoms with Crippen molar-refractivity contribution in [2.45, 2.75) is 44.1 Å². The predicted molar refractivity (Wildman–Crippen MR) is 88.2 cm³/mol. The number of rotatable bonds is 6. The van der Waals surface area contributed by atoms with E-state index >= 15 is 0 Å². The minimum atomic E-state index is -0.280. The summed E-state index contributed by atoms with van der Waals surface area (Å²) in [6, 6.07) is 1.84. The van der Waals surface area contributed by atoms with E-state index in [0.29, 0.717) is 28.5 Å². The smallest absolute Gasteiger partial charge is 0.272 e. The van der Waals surface area contributed by atoms with Gasteiger partial charge in [0.2, 0.25) is 5.91 Å². The third-order valence-electron chi connectivity index (χ3n) is 3.05. The quantitative estimate of drug-likeness (QED) is 0.655. The normalized spacial score (nSPS) is 12.5. The lowest BCUT2D eigenvalue weighted by Crippen LogP contribution is -2.32. The van der Waals surface area contributed by atoms with Gasteiger partial charge in [0.15, 0.2) is 5.16 Å². The van der Waals surface area contributed by atoms with Crippen LogP contribution in [0.2, 0.25) is 0 Å². The zero-order valence-electron chi connectivity index (χ0n) is 12.4. The molecule has 1 N–H and O–H groups in total. The number of amides is 1. The van der Waals surface area contributed by atoms with Crippen LogP contribution in [0.4, 0.5) is 0 Å². The molecule has 0 aromatic carbocycles. The zero-order valence-corrected chi connectivity index (χ0v) is 14.0. The van der Waals surface area contributed by atoms with Crippen molar-refractivity contribution in [2.24, 2.45) is 0 Å². The average molecular weight is 325 g/mol. The Kier molecular flexibility index (Phi) is 5.41. The Morgan fingerprint density at radius 2 is 2.29 bits per heavy atom. The molecule has 114 valence electrons. The summed E-state index contributed by atoms with van der Waals surface area (Å²) in [5, 5.41) is 5.05. The predicted octanol–water partition coefficient (Wildman–Crippen LogP) is 2.48. The first-order valence-corrected chi connectivity index (χ1v) is 8.76. The standard InChI is InChI=1S/C14H19N3O2S2/c1-4-7-15-12(18)9(3)21-14-16-10-6-8-20-11(10)13(19)17(14)5-2/h6,8-9H,4-5,7H2,1-3H3,(H,15,18)/t9-/m1/s1. The Morgan fingerprint density at radius 3 is 2.95 bits per heavy atom. The summed E-state index contributed by atoms with van der Waals surface area (Å²) in [6.45, 7) is 6.97. The molecule has 2 heterocycles. The molecule has 0 radical (unpaired) electrons. The van der Waals surface area contributed by atoms with Crippen LogP contribution in [0.1, 0.15) is 27.2 Å². The highest BCUT2D eigenvalue weighted by atomic mass is 32.2. The number of hydrogen-bond acceptors (Lipinski definition) is 5. The molecule has 1 amide bonds. The Bertz CT molecular complexity index is 693. The van der Waals surface area contributed by atoms with Crippen molar-refractivity contribution in [3.63, 3.8) is 0 Å². The minimum absolute atomic E-state index is 0.0239. The molecule has 0 aliphatic heterocycles. The third kappa shape index (κ3) is 3.47. The number of hydrogen-bond donors (Lipinski definition) is 1. The summed E-state index contributed by atoms with van der Waals surface area (Å²) >= 11 is 2.73. The molecule has 0 aliphatic carbocycles. The molecule has 0 spiro atoms. The summed E-state index contributed by atoms with van der Waals surface area (Å²) in [4.78, 5) is 28.9. The van der Waals surface area contributed by atoms with Crippen LogP contribution in [0.5, 0.6) is 0 Å². The second-order valence-electron chi connectivity index (χ2n) is 4.63. The summed E-state index contributed by atoms with van der Waals surface area (Å²) in [6.07, 6.45) is 0.905. The largest absolute Gasteiger partial charge is 0.355 e. The number of nitrogens with zero attached hydrogens (tertiary/aromatic N) is 2. The lowest BCUT2D eigenvalue weighted by atomic mass is 10.4. The van der Waals surface area contributed by atoms with E-state index in [1.807, 2.05) is 32.2 Å². The highest BCUT2D eigenvalue weighted by Gasteiger charge is 2.18. The highest BCUT2D eigenvalue weighted by Crippen LogP contribution is 2.24. The Hall–Kier alpha value is -1.34. The maximum atomic E-state index is 12.4. The van der Waals surface area contributed by atoms with Crippen molar-refractivity contribution in [1.82, 2.24) is 14.9 Å². The van der Waals surface area contributed by atoms with Gasteiger partial charge in [-0.25, -0.2) is 4.98 Å². The van der Waals surface area contributed by atoms with Crippen molar-refractivity contribution >= 4 is 39.2 Å². The van der Waals surface area contributed by atoms with Crippen LogP contribution in [-0.2, 0) is 11.3 Å². The average Bonchev–Trinajstić information content (AvgIpc) is 2.93. The van der Waals surface area contributed by atoms with Crippen molar-refractivity contribution in [1.29, 1.82) is 0 Å². The van der Waals surface area contributed by atoms with Gasteiger partial charge in [0.05, 0.1) is 10.8 Å². The van der Waals surface area contributed by atoms with Crippen molar-refractivity contribution in [2.75, 3.05) is 6.54 Å². The molecule has 0 saturated carbocycles. The first-order chi connectivity index (χ1) is 10.1. The molecule has 7 heteroatoms. The number of thioether (sulfide) groups is 1. The number of nitrogens with one attached hydrogen (secondary N) is 1. The molecular formula is C14H19N3O2S2. The van der Waals surface area contributed by atoms with Crippen molar-refractivity contribution < 1.29 is 4.79 Å². The van der Waals surface area contributed by atoms with Gasteiger partial charge in [0.1, 0.15) is 4.70 Å². The second kappa shape index (κ2) is 7.09. The maximum absolute atomic E-state index is 12.4. The summed E-state index contributed by atoms with van der Waals surface area (Å²) in [5.74, 6) is -0.0239. The van der Waals surface area contributed by atoms with Gasteiger partial charge in [-0.3, -0.25) is 14.2 Å². The van der Waals surface area contributed by atoms with E-state index in [1.54, 1.807) is 4.57 Å². The van der Waals surface area contributed by atoms with E-state index in [1.165, 1.54) is 23.1 Å². The lowest BCUT2D eigenvalue weighted by Gasteiger charge is -2.14. The highest BCUT2D eigenvalue weighted by molar-refractivity contribution is 8.00. The van der Waals surface area contributed by atoms with Gasteiger partial charge in [0, 0.05) is 13.1 Å². The molecule has 0 aliphatic rings. The van der Waals surface area contributed by atoms with Crippen LogP contribution >= 0.6 is 23.1 Å². The van der Waals surface area contributed by atoms with Crippen LogP contribution < -0.4 is 10.9 Å². The minimum Gasteiger partial charge on any atom is -0.355 e. The monoisotopic (exact) mass is 325 g/mol. The lowest BCUT2D eigenvalue weighted by molar-refractivity contribution is -0.120. The van der Waals surface area contributed by atoms with E-state index in [9.17, 15) is 9.59 Å². The molecule has 0 fully saturated rings. The maximum Gasteiger partial charge on any atom is 0.272 e. The van der Waals surface area contributed by atoms with Crippen LogP contribution in [0, 0.1) is 0 Å².